The van der Waals surface area contributed by atoms with Gasteiger partial charge in [-0.2, -0.15) is 5.10 Å². The molecule has 6 nitrogen and oxygen atoms in total. The molecule has 1 N–H and O–H groups in total. The van der Waals surface area contributed by atoms with Crippen LogP contribution in [0, 0.1) is 13.8 Å². The molecule has 0 amide bonds. The molecule has 106 valence electrons. The van der Waals surface area contributed by atoms with Gasteiger partial charge in [0.2, 0.25) is 5.88 Å². The van der Waals surface area contributed by atoms with E-state index >= 15 is 0 Å². The second kappa shape index (κ2) is 7.04. The van der Waals surface area contributed by atoms with Crippen LogP contribution < -0.4 is 4.74 Å². The summed E-state index contributed by atoms with van der Waals surface area (Å²) >= 11 is 0. The first-order valence-corrected chi connectivity index (χ1v) is 6.43. The number of nitrogens with zero attached hydrogens (tertiary/aromatic N) is 3. The molecule has 0 bridgehead atoms. The molecule has 1 heterocycles. The van der Waals surface area contributed by atoms with Crippen LogP contribution in [0.3, 0.4) is 0 Å². The van der Waals surface area contributed by atoms with Crippen LogP contribution in [0.25, 0.3) is 0 Å². The number of likely N-dealkylation sites (N-methyl/N-ethyl adjacent to an activating group) is 1. The molecule has 0 aromatic carbocycles. The Hall–Kier alpha value is -1.69. The van der Waals surface area contributed by atoms with Crippen molar-refractivity contribution in [1.82, 2.24) is 15.1 Å². The Morgan fingerprint density at radius 1 is 1.26 bits per heavy atom. The summed E-state index contributed by atoms with van der Waals surface area (Å²) < 4.78 is 5.47. The molecule has 0 fully saturated rings. The molecule has 1 aromatic rings. The SMILES string of the molecule is CCN(CC)CCOc1nnc(C)c(C)c1C(=O)O. The average Bonchev–Trinajstić information content (AvgIpc) is 2.38. The van der Waals surface area contributed by atoms with Crippen LogP contribution in [0.4, 0.5) is 0 Å². The molecule has 0 saturated heterocycles. The lowest BCUT2D eigenvalue weighted by Crippen LogP contribution is -2.28. The van der Waals surface area contributed by atoms with Gasteiger partial charge in [-0.1, -0.05) is 13.8 Å². The number of hydrogen-bond donors (Lipinski definition) is 1. The molecular weight excluding hydrogens is 246 g/mol. The van der Waals surface area contributed by atoms with E-state index in [0.717, 1.165) is 19.6 Å². The molecule has 1 aromatic heterocycles. The van der Waals surface area contributed by atoms with Crippen molar-refractivity contribution in [3.8, 4) is 5.88 Å². The van der Waals surface area contributed by atoms with E-state index in [1.165, 1.54) is 0 Å². The molecule has 0 spiro atoms. The minimum absolute atomic E-state index is 0.0998. The van der Waals surface area contributed by atoms with E-state index in [4.69, 9.17) is 4.74 Å². The lowest BCUT2D eigenvalue weighted by molar-refractivity contribution is 0.0689. The van der Waals surface area contributed by atoms with Crippen LogP contribution >= 0.6 is 0 Å². The van der Waals surface area contributed by atoms with Crippen molar-refractivity contribution >= 4 is 5.97 Å². The Kier molecular flexibility index (Phi) is 5.69. The van der Waals surface area contributed by atoms with Gasteiger partial charge in [0.15, 0.2) is 0 Å². The summed E-state index contributed by atoms with van der Waals surface area (Å²) in [6.07, 6.45) is 0. The van der Waals surface area contributed by atoms with Gasteiger partial charge in [-0.15, -0.1) is 5.10 Å². The summed E-state index contributed by atoms with van der Waals surface area (Å²) in [4.78, 5) is 13.4. The number of ether oxygens (including phenoxy) is 1. The molecule has 0 atom stereocenters. The third-order valence-electron chi connectivity index (χ3n) is 3.18. The maximum Gasteiger partial charge on any atom is 0.341 e. The minimum atomic E-state index is -1.03. The zero-order valence-corrected chi connectivity index (χ0v) is 11.9. The smallest absolute Gasteiger partial charge is 0.341 e. The predicted molar refractivity (Wildman–Crippen MR) is 71.7 cm³/mol. The number of aromatic nitrogens is 2. The van der Waals surface area contributed by atoms with Gasteiger partial charge in [-0.3, -0.25) is 0 Å². The number of carboxylic acids is 1. The molecule has 0 saturated carbocycles. The summed E-state index contributed by atoms with van der Waals surface area (Å²) in [5.74, 6) is -0.934. The van der Waals surface area contributed by atoms with E-state index in [1.807, 2.05) is 0 Å². The topological polar surface area (TPSA) is 75.5 Å². The Balaban J connectivity index is 2.79. The number of rotatable bonds is 7. The summed E-state index contributed by atoms with van der Waals surface area (Å²) in [6, 6.07) is 0. The normalized spacial score (nSPS) is 10.8. The molecule has 0 unspecified atom stereocenters. The number of hydrogen-bond acceptors (Lipinski definition) is 5. The highest BCUT2D eigenvalue weighted by Gasteiger charge is 2.19. The van der Waals surface area contributed by atoms with Crippen LogP contribution in [0.2, 0.25) is 0 Å². The second-order valence-corrected chi connectivity index (χ2v) is 4.27. The number of carbonyl (C=O) groups is 1. The van der Waals surface area contributed by atoms with Crippen molar-refractivity contribution < 1.29 is 14.6 Å². The zero-order valence-electron chi connectivity index (χ0n) is 11.9. The van der Waals surface area contributed by atoms with E-state index in [2.05, 4.69) is 28.9 Å². The molecule has 0 aliphatic rings. The largest absolute Gasteiger partial charge is 0.477 e. The van der Waals surface area contributed by atoms with E-state index < -0.39 is 5.97 Å². The third-order valence-corrected chi connectivity index (χ3v) is 3.18. The number of carboxylic acid groups (broad SMARTS) is 1. The fraction of sp³-hybridized carbons (Fsp3) is 0.615. The van der Waals surface area contributed by atoms with E-state index in [-0.39, 0.29) is 11.4 Å². The van der Waals surface area contributed by atoms with Gasteiger partial charge in [0, 0.05) is 6.54 Å². The van der Waals surface area contributed by atoms with Crippen LogP contribution in [0.5, 0.6) is 5.88 Å². The molecule has 6 heteroatoms. The van der Waals surface area contributed by atoms with Crippen LogP contribution in [0.15, 0.2) is 0 Å². The maximum atomic E-state index is 11.2. The van der Waals surface area contributed by atoms with Gasteiger partial charge in [0.1, 0.15) is 12.2 Å². The van der Waals surface area contributed by atoms with E-state index in [9.17, 15) is 9.90 Å². The molecular formula is C13H21N3O3. The van der Waals surface area contributed by atoms with Gasteiger partial charge in [0.05, 0.1) is 5.69 Å². The van der Waals surface area contributed by atoms with Gasteiger partial charge >= 0.3 is 5.97 Å². The quantitative estimate of drug-likeness (QED) is 0.807. The summed E-state index contributed by atoms with van der Waals surface area (Å²) in [7, 11) is 0. The molecule has 0 aliphatic carbocycles. The van der Waals surface area contributed by atoms with E-state index in [1.54, 1.807) is 13.8 Å². The van der Waals surface area contributed by atoms with Crippen molar-refractivity contribution in [2.75, 3.05) is 26.2 Å². The zero-order chi connectivity index (χ0) is 14.4. The lowest BCUT2D eigenvalue weighted by Gasteiger charge is -2.18. The summed E-state index contributed by atoms with van der Waals surface area (Å²) in [5.41, 5.74) is 1.31. The van der Waals surface area contributed by atoms with Crippen molar-refractivity contribution in [2.45, 2.75) is 27.7 Å². The van der Waals surface area contributed by atoms with Gasteiger partial charge < -0.3 is 14.7 Å². The fourth-order valence-electron chi connectivity index (χ4n) is 1.75. The molecule has 19 heavy (non-hydrogen) atoms. The average molecular weight is 267 g/mol. The van der Waals surface area contributed by atoms with E-state index in [0.29, 0.717) is 17.9 Å². The highest BCUT2D eigenvalue weighted by molar-refractivity contribution is 5.91. The Labute approximate surface area is 113 Å². The highest BCUT2D eigenvalue weighted by Crippen LogP contribution is 2.20. The molecule has 1 rings (SSSR count). The Bertz CT molecular complexity index is 445. The lowest BCUT2D eigenvalue weighted by atomic mass is 10.1. The maximum absolute atomic E-state index is 11.2. The second-order valence-electron chi connectivity index (χ2n) is 4.27. The first-order chi connectivity index (χ1) is 9.01. The van der Waals surface area contributed by atoms with Crippen molar-refractivity contribution in [1.29, 1.82) is 0 Å². The number of aromatic carboxylic acids is 1. The summed E-state index contributed by atoms with van der Waals surface area (Å²) in [6.45, 7) is 10.6. The van der Waals surface area contributed by atoms with Crippen LogP contribution in [0.1, 0.15) is 35.5 Å². The Morgan fingerprint density at radius 3 is 2.42 bits per heavy atom. The first-order valence-electron chi connectivity index (χ1n) is 6.43. The van der Waals surface area contributed by atoms with Crippen molar-refractivity contribution in [3.63, 3.8) is 0 Å². The molecule has 0 aliphatic heterocycles. The number of aryl methyl sites for hydroxylation is 1. The van der Waals surface area contributed by atoms with Gasteiger partial charge in [0.25, 0.3) is 0 Å². The predicted octanol–water partition coefficient (Wildman–Crippen LogP) is 1.51. The van der Waals surface area contributed by atoms with Gasteiger partial charge in [-0.05, 0) is 32.5 Å². The van der Waals surface area contributed by atoms with Crippen LogP contribution in [-0.2, 0) is 0 Å². The van der Waals surface area contributed by atoms with Crippen molar-refractivity contribution in [3.05, 3.63) is 16.8 Å². The first kappa shape index (κ1) is 15.4. The minimum Gasteiger partial charge on any atom is -0.477 e. The highest BCUT2D eigenvalue weighted by atomic mass is 16.5. The van der Waals surface area contributed by atoms with Crippen molar-refractivity contribution in [2.24, 2.45) is 0 Å². The monoisotopic (exact) mass is 267 g/mol. The molecule has 0 radical (unpaired) electrons. The van der Waals surface area contributed by atoms with Crippen LogP contribution in [-0.4, -0.2) is 52.4 Å². The standard InChI is InChI=1S/C13H21N3O3/c1-5-16(6-2)7-8-19-12-11(13(17)18)9(3)10(4)14-15-12/h5-8H2,1-4H3,(H,17,18). The fourth-order valence-corrected chi connectivity index (χ4v) is 1.75. The van der Waals surface area contributed by atoms with Gasteiger partial charge in [-0.25, -0.2) is 4.79 Å². The third kappa shape index (κ3) is 3.89. The Morgan fingerprint density at radius 2 is 1.89 bits per heavy atom. The summed E-state index contributed by atoms with van der Waals surface area (Å²) in [5, 5.41) is 17.0.